The first-order valence-electron chi connectivity index (χ1n) is 11.9. The lowest BCUT2D eigenvalue weighted by atomic mass is 9.87. The van der Waals surface area contributed by atoms with Crippen molar-refractivity contribution in [2.45, 2.75) is 96.2 Å². The van der Waals surface area contributed by atoms with Crippen LogP contribution in [0.1, 0.15) is 84.5 Å². The summed E-state index contributed by atoms with van der Waals surface area (Å²) in [5.74, 6) is 1.49. The highest BCUT2D eigenvalue weighted by Crippen LogP contribution is 2.48. The first kappa shape index (κ1) is 22.6. The normalized spacial score (nSPS) is 31.3. The fourth-order valence-electron chi connectivity index (χ4n) is 5.52. The molecule has 4 nitrogen and oxygen atoms in total. The van der Waals surface area contributed by atoms with E-state index in [1.54, 1.807) is 0 Å². The van der Waals surface area contributed by atoms with E-state index in [9.17, 15) is 15.0 Å². The molecule has 0 aromatic rings. The van der Waals surface area contributed by atoms with Crippen molar-refractivity contribution in [1.29, 1.82) is 0 Å². The van der Waals surface area contributed by atoms with E-state index < -0.39 is 5.60 Å². The highest BCUT2D eigenvalue weighted by Gasteiger charge is 2.43. The maximum absolute atomic E-state index is 12.2. The second-order valence-electron chi connectivity index (χ2n) is 9.91. The first-order valence-corrected chi connectivity index (χ1v) is 11.9. The van der Waals surface area contributed by atoms with E-state index in [-0.39, 0.29) is 12.0 Å². The van der Waals surface area contributed by atoms with Gasteiger partial charge in [0.15, 0.2) is 0 Å². The maximum Gasteiger partial charge on any atom is 0.222 e. The van der Waals surface area contributed by atoms with Crippen LogP contribution in [0, 0.1) is 17.8 Å². The number of likely N-dealkylation sites (tertiary alicyclic amines) is 1. The Morgan fingerprint density at radius 1 is 1.31 bits per heavy atom. The van der Waals surface area contributed by atoms with Gasteiger partial charge in [-0.15, -0.1) is 0 Å². The zero-order chi connectivity index (χ0) is 20.9. The number of allylic oxidation sites excluding steroid dienone is 2. The first-order chi connectivity index (χ1) is 13.9. The van der Waals surface area contributed by atoms with E-state index in [0.717, 1.165) is 70.9 Å². The van der Waals surface area contributed by atoms with Gasteiger partial charge in [0.2, 0.25) is 5.91 Å². The smallest absolute Gasteiger partial charge is 0.222 e. The number of carbonyl (C=O) groups excluding carboxylic acids is 1. The molecular formula is C25H41NO3. The van der Waals surface area contributed by atoms with Crippen LogP contribution in [0.2, 0.25) is 0 Å². The molecule has 1 saturated carbocycles. The van der Waals surface area contributed by atoms with E-state index in [0.29, 0.717) is 30.6 Å². The third-order valence-electron chi connectivity index (χ3n) is 7.28. The summed E-state index contributed by atoms with van der Waals surface area (Å²) in [5.41, 5.74) is 0.839. The molecule has 164 valence electrons. The van der Waals surface area contributed by atoms with Crippen LogP contribution in [0.3, 0.4) is 0 Å². The topological polar surface area (TPSA) is 60.8 Å². The number of aliphatic hydroxyl groups excluding tert-OH is 1. The molecule has 0 spiro atoms. The fraction of sp³-hybridized carbons (Fsp3) is 0.800. The van der Waals surface area contributed by atoms with Gasteiger partial charge >= 0.3 is 0 Å². The van der Waals surface area contributed by atoms with Crippen LogP contribution in [0.25, 0.3) is 0 Å². The predicted octanol–water partition coefficient (Wildman–Crippen LogP) is 4.61. The molecule has 0 aromatic carbocycles. The highest BCUT2D eigenvalue weighted by atomic mass is 16.3. The standard InChI is InChI=1S/C25H41NO3/c1-3-4-12-25(2,29)13-8-10-21-22-17-19(16-20(22)18-23(21)27)9-7-11-24(28)26-14-5-6-15-26/h8,10,16,20-23,27,29H,3-7,9,11-15,17-18H2,1-2H3/t20-,21+,22-,23+,25-/m0/s1. The third kappa shape index (κ3) is 6.18. The summed E-state index contributed by atoms with van der Waals surface area (Å²) < 4.78 is 0. The van der Waals surface area contributed by atoms with Crippen LogP contribution in [0.15, 0.2) is 23.8 Å². The Bertz CT molecular complexity index is 603. The van der Waals surface area contributed by atoms with Crippen molar-refractivity contribution in [3.05, 3.63) is 23.8 Å². The lowest BCUT2D eigenvalue weighted by Crippen LogP contribution is -2.27. The molecule has 2 fully saturated rings. The number of hydrogen-bond donors (Lipinski definition) is 2. The van der Waals surface area contributed by atoms with Crippen molar-refractivity contribution in [2.75, 3.05) is 13.1 Å². The van der Waals surface area contributed by atoms with Crippen LogP contribution in [-0.2, 0) is 4.79 Å². The Morgan fingerprint density at radius 2 is 2.07 bits per heavy atom. The van der Waals surface area contributed by atoms with Gasteiger partial charge in [-0.05, 0) is 70.1 Å². The number of unbranched alkanes of at least 4 members (excludes halogenated alkanes) is 1. The Morgan fingerprint density at radius 3 is 2.79 bits per heavy atom. The van der Waals surface area contributed by atoms with Crippen molar-refractivity contribution < 1.29 is 15.0 Å². The van der Waals surface area contributed by atoms with E-state index in [4.69, 9.17) is 0 Å². The zero-order valence-corrected chi connectivity index (χ0v) is 18.5. The van der Waals surface area contributed by atoms with E-state index >= 15 is 0 Å². The average Bonchev–Trinajstić information content (AvgIpc) is 3.38. The largest absolute Gasteiger partial charge is 0.392 e. The molecule has 3 rings (SSSR count). The second kappa shape index (κ2) is 10.3. The van der Waals surface area contributed by atoms with Crippen LogP contribution < -0.4 is 0 Å². The average molecular weight is 404 g/mol. The minimum Gasteiger partial charge on any atom is -0.392 e. The molecule has 0 bridgehead atoms. The Balaban J connectivity index is 1.44. The zero-order valence-electron chi connectivity index (χ0n) is 18.5. The molecule has 0 aromatic heterocycles. The Kier molecular flexibility index (Phi) is 7.98. The number of nitrogens with zero attached hydrogens (tertiary/aromatic N) is 1. The van der Waals surface area contributed by atoms with E-state index in [1.807, 2.05) is 11.8 Å². The summed E-state index contributed by atoms with van der Waals surface area (Å²) in [6.07, 6.45) is 16.9. The molecule has 2 aliphatic carbocycles. The van der Waals surface area contributed by atoms with Gasteiger partial charge in [-0.3, -0.25) is 4.79 Å². The van der Waals surface area contributed by atoms with Gasteiger partial charge in [0, 0.05) is 25.4 Å². The van der Waals surface area contributed by atoms with Gasteiger partial charge in [0.05, 0.1) is 11.7 Å². The summed E-state index contributed by atoms with van der Waals surface area (Å²) in [6, 6.07) is 0. The summed E-state index contributed by atoms with van der Waals surface area (Å²) in [6.45, 7) is 5.96. The van der Waals surface area contributed by atoms with Crippen molar-refractivity contribution in [1.82, 2.24) is 4.90 Å². The van der Waals surface area contributed by atoms with Gasteiger partial charge in [-0.1, -0.05) is 43.6 Å². The number of hydrogen-bond acceptors (Lipinski definition) is 3. The van der Waals surface area contributed by atoms with Gasteiger partial charge in [0.1, 0.15) is 0 Å². The molecule has 1 amide bonds. The molecule has 1 heterocycles. The van der Waals surface area contributed by atoms with Gasteiger partial charge < -0.3 is 15.1 Å². The fourth-order valence-corrected chi connectivity index (χ4v) is 5.52. The van der Waals surface area contributed by atoms with E-state index in [2.05, 4.69) is 25.2 Å². The Hall–Kier alpha value is -1.13. The van der Waals surface area contributed by atoms with Crippen LogP contribution in [0.5, 0.6) is 0 Å². The molecule has 1 aliphatic heterocycles. The van der Waals surface area contributed by atoms with Crippen molar-refractivity contribution in [3.8, 4) is 0 Å². The predicted molar refractivity (Wildman–Crippen MR) is 117 cm³/mol. The van der Waals surface area contributed by atoms with Crippen molar-refractivity contribution in [3.63, 3.8) is 0 Å². The number of rotatable bonds is 10. The number of aliphatic hydroxyl groups is 2. The molecule has 5 atom stereocenters. The molecule has 2 N–H and O–H groups in total. The lowest BCUT2D eigenvalue weighted by Gasteiger charge is -2.22. The summed E-state index contributed by atoms with van der Waals surface area (Å²) in [5, 5.41) is 21.0. The quantitative estimate of drug-likeness (QED) is 0.524. The minimum atomic E-state index is -0.642. The van der Waals surface area contributed by atoms with Gasteiger partial charge in [-0.25, -0.2) is 0 Å². The second-order valence-corrected chi connectivity index (χ2v) is 9.91. The van der Waals surface area contributed by atoms with Gasteiger partial charge in [-0.2, -0.15) is 0 Å². The van der Waals surface area contributed by atoms with Crippen LogP contribution in [0.4, 0.5) is 0 Å². The molecule has 3 aliphatic rings. The number of amides is 1. The number of fused-ring (bicyclic) bond motifs is 1. The molecule has 1 saturated heterocycles. The summed E-state index contributed by atoms with van der Waals surface area (Å²) >= 11 is 0. The summed E-state index contributed by atoms with van der Waals surface area (Å²) in [4.78, 5) is 14.2. The summed E-state index contributed by atoms with van der Waals surface area (Å²) in [7, 11) is 0. The lowest BCUT2D eigenvalue weighted by molar-refractivity contribution is -0.130. The Labute approximate surface area is 177 Å². The van der Waals surface area contributed by atoms with Crippen LogP contribution in [-0.4, -0.2) is 45.8 Å². The minimum absolute atomic E-state index is 0.196. The van der Waals surface area contributed by atoms with Crippen LogP contribution >= 0.6 is 0 Å². The molecular weight excluding hydrogens is 362 g/mol. The maximum atomic E-state index is 12.2. The molecule has 4 heteroatoms. The van der Waals surface area contributed by atoms with Crippen molar-refractivity contribution >= 4 is 5.91 Å². The molecule has 0 unspecified atom stereocenters. The SMILES string of the molecule is CCCC[C@](C)(O)CC=C[C@@H]1[C@H]2CC(CCCC(=O)N3CCCC3)=C[C@H]2C[C@H]1O. The molecule has 29 heavy (non-hydrogen) atoms. The van der Waals surface area contributed by atoms with E-state index in [1.165, 1.54) is 5.57 Å². The highest BCUT2D eigenvalue weighted by molar-refractivity contribution is 5.76. The monoisotopic (exact) mass is 403 g/mol. The number of carbonyl (C=O) groups is 1. The third-order valence-corrected chi connectivity index (χ3v) is 7.28. The van der Waals surface area contributed by atoms with Crippen molar-refractivity contribution in [2.24, 2.45) is 17.8 Å². The van der Waals surface area contributed by atoms with Gasteiger partial charge in [0.25, 0.3) is 0 Å². The molecule has 0 radical (unpaired) electrons.